The second kappa shape index (κ2) is 7.30. The van der Waals surface area contributed by atoms with E-state index in [4.69, 9.17) is 9.47 Å². The minimum Gasteiger partial charge on any atom is -0.493 e. The van der Waals surface area contributed by atoms with Crippen LogP contribution in [0.3, 0.4) is 0 Å². The van der Waals surface area contributed by atoms with Gasteiger partial charge in [0.2, 0.25) is 6.29 Å². The van der Waals surface area contributed by atoms with Crippen molar-refractivity contribution in [3.05, 3.63) is 59.2 Å². The van der Waals surface area contributed by atoms with Gasteiger partial charge in [0.05, 0.1) is 13.7 Å². The van der Waals surface area contributed by atoms with E-state index in [1.807, 2.05) is 6.29 Å². The fourth-order valence-electron chi connectivity index (χ4n) is 2.43. The summed E-state index contributed by atoms with van der Waals surface area (Å²) in [7, 11) is 1.59. The summed E-state index contributed by atoms with van der Waals surface area (Å²) in [5, 5.41) is 0. The van der Waals surface area contributed by atoms with Crippen molar-refractivity contribution in [2.45, 2.75) is 19.3 Å². The zero-order valence-electron chi connectivity index (χ0n) is 13.6. The van der Waals surface area contributed by atoms with Crippen LogP contribution in [0, 0.1) is 5.92 Å². The molecule has 0 N–H and O–H groups in total. The first-order valence-electron chi connectivity index (χ1n) is 8.00. The predicted octanol–water partition coefficient (Wildman–Crippen LogP) is 3.37. The molecule has 0 bridgehead atoms. The van der Waals surface area contributed by atoms with Crippen LogP contribution in [0.4, 0.5) is 0 Å². The quantitative estimate of drug-likeness (QED) is 0.699. The van der Waals surface area contributed by atoms with Gasteiger partial charge in [0, 0.05) is 17.5 Å². The van der Waals surface area contributed by atoms with Crippen molar-refractivity contribution in [3.8, 4) is 11.5 Å². The maximum Gasteiger partial charge on any atom is 0.233 e. The molecule has 0 aliphatic heterocycles. The third kappa shape index (κ3) is 4.02. The lowest BCUT2D eigenvalue weighted by molar-refractivity contribution is 0.0992. The number of rotatable bonds is 8. The molecule has 1 fully saturated rings. The third-order valence-corrected chi connectivity index (χ3v) is 4.09. The Balaban J connectivity index is 1.72. The first kappa shape index (κ1) is 16.2. The highest BCUT2D eigenvalue weighted by molar-refractivity contribution is 5.98. The Morgan fingerprint density at radius 3 is 2.50 bits per heavy atom. The first-order chi connectivity index (χ1) is 11.7. The lowest BCUT2D eigenvalue weighted by atomic mass is 10.0. The van der Waals surface area contributed by atoms with E-state index in [1.54, 1.807) is 49.6 Å². The molecule has 1 radical (unpaired) electrons. The van der Waals surface area contributed by atoms with Gasteiger partial charge in [-0.25, -0.2) is 0 Å². The molecule has 2 aromatic rings. The molecule has 1 saturated carbocycles. The minimum atomic E-state index is -0.00300. The molecule has 1 aliphatic carbocycles. The van der Waals surface area contributed by atoms with Gasteiger partial charge in [0.1, 0.15) is 0 Å². The Kier molecular flexibility index (Phi) is 4.94. The lowest BCUT2D eigenvalue weighted by Gasteiger charge is -2.12. The standard InChI is InChI=1S/C20H19O4/c1-23-19-9-8-17(11-20(19)24-13-16-6-7-16)18(22)10-14-2-4-15(12-21)5-3-14/h2-5,8-9,11,16H,6-7,10,13H2,1H3. The monoisotopic (exact) mass is 323 g/mol. The fourth-order valence-corrected chi connectivity index (χ4v) is 2.43. The van der Waals surface area contributed by atoms with E-state index in [0.29, 0.717) is 35.2 Å². The molecule has 0 atom stereocenters. The number of Topliss-reactive ketones (excluding diaryl/α,β-unsaturated/α-hetero) is 1. The molecule has 3 rings (SSSR count). The Bertz CT molecular complexity index is 730. The molecule has 4 nitrogen and oxygen atoms in total. The number of benzene rings is 2. The van der Waals surface area contributed by atoms with Gasteiger partial charge < -0.3 is 9.47 Å². The number of carbonyl (C=O) groups is 1. The number of hydrogen-bond donors (Lipinski definition) is 0. The van der Waals surface area contributed by atoms with Crippen molar-refractivity contribution in [3.63, 3.8) is 0 Å². The number of hydrogen-bond acceptors (Lipinski definition) is 4. The zero-order chi connectivity index (χ0) is 16.9. The summed E-state index contributed by atoms with van der Waals surface area (Å²) in [5.74, 6) is 1.87. The van der Waals surface area contributed by atoms with Crippen LogP contribution in [-0.4, -0.2) is 25.8 Å². The van der Waals surface area contributed by atoms with Crippen LogP contribution in [0.5, 0.6) is 11.5 Å². The maximum atomic E-state index is 12.5. The van der Waals surface area contributed by atoms with Crippen LogP contribution < -0.4 is 9.47 Å². The van der Waals surface area contributed by atoms with E-state index >= 15 is 0 Å². The fraction of sp³-hybridized carbons (Fsp3) is 0.300. The number of methoxy groups -OCH3 is 1. The summed E-state index contributed by atoms with van der Waals surface area (Å²) in [6.07, 6.45) is 4.50. The van der Waals surface area contributed by atoms with Gasteiger partial charge in [-0.1, -0.05) is 24.3 Å². The average molecular weight is 323 g/mol. The average Bonchev–Trinajstić information content (AvgIpc) is 3.44. The van der Waals surface area contributed by atoms with Crippen molar-refractivity contribution in [1.29, 1.82) is 0 Å². The summed E-state index contributed by atoms with van der Waals surface area (Å²) in [4.78, 5) is 23.1. The van der Waals surface area contributed by atoms with Crippen LogP contribution in [0.1, 0.15) is 34.3 Å². The maximum absolute atomic E-state index is 12.5. The molecular weight excluding hydrogens is 304 g/mol. The van der Waals surface area contributed by atoms with E-state index in [1.165, 1.54) is 12.8 Å². The van der Waals surface area contributed by atoms with E-state index < -0.39 is 0 Å². The van der Waals surface area contributed by atoms with Crippen LogP contribution in [0.2, 0.25) is 0 Å². The van der Waals surface area contributed by atoms with E-state index in [9.17, 15) is 9.59 Å². The van der Waals surface area contributed by atoms with E-state index in [-0.39, 0.29) is 12.2 Å². The molecule has 0 amide bonds. The topological polar surface area (TPSA) is 52.6 Å². The van der Waals surface area contributed by atoms with Gasteiger partial charge in [0.25, 0.3) is 0 Å². The Morgan fingerprint density at radius 2 is 1.88 bits per heavy atom. The number of ether oxygens (including phenoxy) is 2. The SMILES string of the molecule is COc1ccc(C(=O)Cc2ccc([C]=O)cc2)cc1OCC1CC1. The highest BCUT2D eigenvalue weighted by atomic mass is 16.5. The van der Waals surface area contributed by atoms with Crippen molar-refractivity contribution < 1.29 is 19.1 Å². The van der Waals surface area contributed by atoms with Crippen LogP contribution in [-0.2, 0) is 11.2 Å². The van der Waals surface area contributed by atoms with Crippen molar-refractivity contribution in [2.24, 2.45) is 5.92 Å². The molecule has 1 aliphatic rings. The summed E-state index contributed by atoms with van der Waals surface area (Å²) in [6.45, 7) is 0.664. The number of ketones is 1. The minimum absolute atomic E-state index is 0.00300. The van der Waals surface area contributed by atoms with Gasteiger partial charge in [-0.2, -0.15) is 0 Å². The summed E-state index contributed by atoms with van der Waals surface area (Å²) in [5.41, 5.74) is 1.93. The van der Waals surface area contributed by atoms with Gasteiger partial charge in [-0.05, 0) is 42.5 Å². The Hall–Kier alpha value is -2.62. The van der Waals surface area contributed by atoms with Gasteiger partial charge in [-0.15, -0.1) is 0 Å². The molecule has 0 aromatic heterocycles. The third-order valence-electron chi connectivity index (χ3n) is 4.09. The van der Waals surface area contributed by atoms with Gasteiger partial charge >= 0.3 is 0 Å². The van der Waals surface area contributed by atoms with Crippen LogP contribution in [0.25, 0.3) is 0 Å². The highest BCUT2D eigenvalue weighted by Crippen LogP contribution is 2.33. The van der Waals surface area contributed by atoms with Crippen LogP contribution >= 0.6 is 0 Å². The largest absolute Gasteiger partial charge is 0.493 e. The molecule has 0 heterocycles. The number of carbonyl (C=O) groups excluding carboxylic acids is 2. The molecule has 24 heavy (non-hydrogen) atoms. The summed E-state index contributed by atoms with van der Waals surface area (Å²) < 4.78 is 11.1. The summed E-state index contributed by atoms with van der Waals surface area (Å²) in [6, 6.07) is 12.1. The van der Waals surface area contributed by atoms with Crippen molar-refractivity contribution in [1.82, 2.24) is 0 Å². The normalized spacial score (nSPS) is 13.4. The second-order valence-electron chi connectivity index (χ2n) is 6.02. The van der Waals surface area contributed by atoms with Crippen LogP contribution in [0.15, 0.2) is 42.5 Å². The van der Waals surface area contributed by atoms with Gasteiger partial charge in [-0.3, -0.25) is 9.59 Å². The summed E-state index contributed by atoms with van der Waals surface area (Å²) >= 11 is 0. The lowest BCUT2D eigenvalue weighted by Crippen LogP contribution is -2.06. The molecular formula is C20H19O4. The zero-order valence-corrected chi connectivity index (χ0v) is 13.6. The molecule has 0 unspecified atom stereocenters. The Morgan fingerprint density at radius 1 is 1.12 bits per heavy atom. The Labute approximate surface area is 141 Å². The predicted molar refractivity (Wildman–Crippen MR) is 90.5 cm³/mol. The van der Waals surface area contributed by atoms with Crippen molar-refractivity contribution in [2.75, 3.05) is 13.7 Å². The van der Waals surface area contributed by atoms with Gasteiger partial charge in [0.15, 0.2) is 17.3 Å². The highest BCUT2D eigenvalue weighted by Gasteiger charge is 2.23. The smallest absolute Gasteiger partial charge is 0.233 e. The molecule has 2 aromatic carbocycles. The van der Waals surface area contributed by atoms with E-state index in [0.717, 1.165) is 5.56 Å². The molecule has 0 spiro atoms. The molecule has 0 saturated heterocycles. The second-order valence-corrected chi connectivity index (χ2v) is 6.02. The van der Waals surface area contributed by atoms with Crippen molar-refractivity contribution >= 4 is 12.1 Å². The first-order valence-corrected chi connectivity index (χ1v) is 8.00. The molecule has 123 valence electrons. The van der Waals surface area contributed by atoms with E-state index in [2.05, 4.69) is 0 Å². The molecule has 4 heteroatoms.